The van der Waals surface area contributed by atoms with E-state index in [-0.39, 0.29) is 115 Å². The Morgan fingerprint density at radius 2 is 0.689 bits per heavy atom. The van der Waals surface area contributed by atoms with Crippen molar-refractivity contribution in [3.63, 3.8) is 0 Å². The number of halogens is 11. The van der Waals surface area contributed by atoms with E-state index in [0.717, 1.165) is 25.3 Å². The molecule has 0 spiro atoms. The average Bonchev–Trinajstić information content (AvgIpc) is 0.998. The van der Waals surface area contributed by atoms with Crippen molar-refractivity contribution in [3.8, 4) is 23.0 Å². The molecule has 1 saturated carbocycles. The topological polar surface area (TPSA) is 429 Å². The lowest BCUT2D eigenvalue weighted by Crippen LogP contribution is -2.49. The van der Waals surface area contributed by atoms with E-state index < -0.39 is 180 Å². The number of nitrogens with two attached hydrogens (primary N) is 1. The van der Waals surface area contributed by atoms with Crippen LogP contribution in [-0.2, 0) is 48.8 Å². The molecule has 4 aliphatic carbocycles. The first-order valence-electron chi connectivity index (χ1n) is 37.7. The van der Waals surface area contributed by atoms with Crippen LogP contribution in [0.3, 0.4) is 0 Å². The standard InChI is InChI=1S/C22H28Cl2FN3O6S.C19H24Cl2FN3O4S.C18H21Cl2FN2O4S.C16H22ClFN2O5S/c1-21(2,3)34-20(31)28-11-9-22(25,10-12-28)35(32,33)18-14(24)7-8-16(17(18)29)27-19(30)26-15-6-4-5-13(15)23;1-2-25-10-8-19(22,9-11-25)30(28,29)17-13(21)6-7-15(16(17)26)24-18(27)23-14-5-3-4-12(14)20;19-11-5-4-6-13(11)22-17(25)23-14-8-7-12(20)16(15(14)24)28(26,27)18(21)9-2-1-3-10-18;1-15(2,3)25-14(22)20-8-6-16(18,7-9-20)26(23,24)13-10(17)4-5-11(19)12(13)21/h5,7-8,15,29H,4,6,9-12H2,1-3H3,(H2,26,27,30);4,6-7,14,26H,2-3,5,8-11H2,1H3,(H2,23,24,27);5,7-8,13,24H,1-4,6,9-10H2,(H2,22,23,25);4-5,21H,6-9,19H2,1-3H3/t15-;14-;13-;/m111./s1. The first-order valence-corrected chi connectivity index (χ1v) is 46.3. The summed E-state index contributed by atoms with van der Waals surface area (Å²) in [5.74, 6) is -3.23. The van der Waals surface area contributed by atoms with Crippen molar-refractivity contribution in [1.29, 1.82) is 0 Å². The number of amides is 8. The van der Waals surface area contributed by atoms with Gasteiger partial charge in [-0.15, -0.1) is 0 Å². The Morgan fingerprint density at radius 3 is 0.950 bits per heavy atom. The molecule has 4 fully saturated rings. The van der Waals surface area contributed by atoms with Crippen LogP contribution in [0.2, 0.25) is 20.1 Å². The molecule has 4 aromatic rings. The van der Waals surface area contributed by atoms with Gasteiger partial charge in [0.25, 0.3) is 0 Å². The van der Waals surface area contributed by atoms with Crippen LogP contribution in [0.1, 0.15) is 158 Å². The molecule has 11 rings (SSSR count). The molecule has 0 radical (unpaired) electrons. The largest absolute Gasteiger partial charge is 0.504 e. The van der Waals surface area contributed by atoms with Crippen molar-refractivity contribution >= 4 is 174 Å². The SMILES string of the molecule is CC(C)(C)OC(=O)N1CCC(F)(S(=O)(=O)c2c(Cl)ccc(N)c2O)CC1.CC(C)(C)OC(=O)N1CCC(F)(S(=O)(=O)c2c(Cl)ccc(NC(=O)N[C@@H]3CCC=C3Cl)c2O)CC1.CCN1CCC(F)(S(=O)(=O)c2c(Cl)ccc(NC(=O)N[C@@H]3CCC=C3Cl)c2O)CC1.O=C(Nc1ccc(Cl)c(S(=O)(=O)C2(F)CCCCC2)c1O)N[C@@H]1CCC=C1Cl. The zero-order chi connectivity index (χ0) is 88.7. The number of allylic oxidation sites excluding steroid dienone is 3. The van der Waals surface area contributed by atoms with E-state index in [0.29, 0.717) is 60.2 Å². The summed E-state index contributed by atoms with van der Waals surface area (Å²) in [5.41, 5.74) is 3.18. The number of phenolic OH excluding ortho intramolecular Hbond substituents is 4. The molecule has 0 bridgehead atoms. The number of sulfone groups is 4. The van der Waals surface area contributed by atoms with Gasteiger partial charge in [0.05, 0.1) is 61.0 Å². The van der Waals surface area contributed by atoms with Gasteiger partial charge in [-0.1, -0.05) is 113 Å². The smallest absolute Gasteiger partial charge is 0.410 e. The van der Waals surface area contributed by atoms with E-state index in [1.165, 1.54) is 52.3 Å². The highest BCUT2D eigenvalue weighted by Crippen LogP contribution is 2.51. The number of phenols is 4. The Morgan fingerprint density at radius 1 is 0.429 bits per heavy atom. The molecule has 44 heteroatoms. The minimum Gasteiger partial charge on any atom is -0.504 e. The number of hydrogen-bond donors (Lipinski definition) is 11. The summed E-state index contributed by atoms with van der Waals surface area (Å²) in [6.07, 6.45) is 6.88. The quantitative estimate of drug-likeness (QED) is 0.0299. The number of hydrogen-bond acceptors (Lipinski definition) is 21. The highest BCUT2D eigenvalue weighted by Gasteiger charge is 2.54. The van der Waals surface area contributed by atoms with Crippen LogP contribution in [0.25, 0.3) is 0 Å². The van der Waals surface area contributed by atoms with Gasteiger partial charge in [0.2, 0.25) is 59.4 Å². The van der Waals surface area contributed by atoms with Gasteiger partial charge < -0.3 is 82.2 Å². The molecule has 119 heavy (non-hydrogen) atoms. The number of piperidine rings is 3. The lowest BCUT2D eigenvalue weighted by atomic mass is 9.98. The van der Waals surface area contributed by atoms with Gasteiger partial charge in [0.15, 0.2) is 23.0 Å². The number of likely N-dealkylation sites (tertiary alicyclic amines) is 3. The molecule has 660 valence electrons. The molecule has 0 aromatic heterocycles. The number of carbonyl (C=O) groups is 5. The Bertz CT molecular complexity index is 5080. The number of ether oxygens (including phenoxy) is 2. The summed E-state index contributed by atoms with van der Waals surface area (Å²) >= 11 is 42.0. The summed E-state index contributed by atoms with van der Waals surface area (Å²) in [6, 6.07) is 6.49. The van der Waals surface area contributed by atoms with Crippen molar-refractivity contribution in [2.75, 3.05) is 67.5 Å². The summed E-state index contributed by atoms with van der Waals surface area (Å²) < 4.78 is 177. The van der Waals surface area contributed by atoms with Crippen LogP contribution in [0.4, 0.5) is 64.3 Å². The molecule has 3 saturated heterocycles. The number of benzene rings is 4. The number of anilines is 4. The maximum absolute atomic E-state index is 15.8. The fourth-order valence-electron chi connectivity index (χ4n) is 13.7. The minimum absolute atomic E-state index is 0.147. The number of nitrogen functional groups attached to an aromatic ring is 1. The Hall–Kier alpha value is -7.04. The van der Waals surface area contributed by atoms with Crippen molar-refractivity contribution in [2.45, 2.75) is 227 Å². The van der Waals surface area contributed by atoms with Gasteiger partial charge in [0, 0.05) is 92.9 Å². The van der Waals surface area contributed by atoms with Gasteiger partial charge in [-0.25, -0.2) is 75.2 Å². The third kappa shape index (κ3) is 22.7. The summed E-state index contributed by atoms with van der Waals surface area (Å²) in [7, 11) is -18.6. The number of urea groups is 3. The van der Waals surface area contributed by atoms with E-state index in [2.05, 4.69) is 31.9 Å². The van der Waals surface area contributed by atoms with Crippen LogP contribution in [0, 0.1) is 0 Å². The fourth-order valence-corrected chi connectivity index (χ4v) is 23.6. The maximum Gasteiger partial charge on any atom is 0.410 e. The molecule has 7 aliphatic rings. The summed E-state index contributed by atoms with van der Waals surface area (Å²) in [5, 5.41) is 46.4. The molecule has 3 aliphatic heterocycles. The maximum atomic E-state index is 15.8. The predicted molar refractivity (Wildman–Crippen MR) is 447 cm³/mol. The van der Waals surface area contributed by atoms with Gasteiger partial charge in [-0.2, -0.15) is 0 Å². The van der Waals surface area contributed by atoms with Gasteiger partial charge in [-0.3, -0.25) is 0 Å². The van der Waals surface area contributed by atoms with E-state index in [9.17, 15) is 78.1 Å². The molecule has 29 nitrogen and oxygen atoms in total. The Labute approximate surface area is 723 Å². The molecule has 4 aromatic carbocycles. The number of carbonyl (C=O) groups excluding carboxylic acids is 5. The van der Waals surface area contributed by atoms with Crippen molar-refractivity contribution in [3.05, 3.63) is 102 Å². The van der Waals surface area contributed by atoms with E-state index in [1.807, 2.05) is 11.8 Å². The Kier molecular flexibility index (Phi) is 31.8. The van der Waals surface area contributed by atoms with Crippen molar-refractivity contribution in [1.82, 2.24) is 30.7 Å². The van der Waals surface area contributed by atoms with E-state index in [1.54, 1.807) is 59.8 Å². The normalized spacial score (nSPS) is 20.5. The van der Waals surface area contributed by atoms with Gasteiger partial charge >= 0.3 is 30.3 Å². The van der Waals surface area contributed by atoms with Crippen LogP contribution in [0.15, 0.2) is 101 Å². The van der Waals surface area contributed by atoms with E-state index >= 15 is 17.6 Å². The number of nitrogens with one attached hydrogen (secondary N) is 6. The van der Waals surface area contributed by atoms with Crippen LogP contribution in [-0.4, -0.2) is 194 Å². The van der Waals surface area contributed by atoms with Gasteiger partial charge in [0.1, 0.15) is 30.8 Å². The first kappa shape index (κ1) is 97.4. The zero-order valence-corrected chi connectivity index (χ0v) is 74.2. The molecule has 3 heterocycles. The van der Waals surface area contributed by atoms with Crippen molar-refractivity contribution < 1.29 is 105 Å². The monoisotopic (exact) mass is 1890 g/mol. The molecule has 8 amide bonds. The lowest BCUT2D eigenvalue weighted by molar-refractivity contribution is 0.0126. The molecular formula is C75H95Cl7F4N10O19S4. The lowest BCUT2D eigenvalue weighted by Gasteiger charge is -2.36. The second kappa shape index (κ2) is 38.8. The van der Waals surface area contributed by atoms with Gasteiger partial charge in [-0.05, 0) is 161 Å². The fraction of sp³-hybridized carbons (Fsp3) is 0.533. The second-order valence-corrected chi connectivity index (χ2v) is 42.6. The first-order chi connectivity index (χ1) is 55.2. The van der Waals surface area contributed by atoms with Crippen molar-refractivity contribution in [2.24, 2.45) is 0 Å². The molecule has 3 atom stereocenters. The third-order valence-corrected chi connectivity index (χ3v) is 32.6. The highest BCUT2D eigenvalue weighted by atomic mass is 35.5. The molecular weight excluding hydrogens is 1800 g/mol. The third-order valence-electron chi connectivity index (χ3n) is 20.4. The zero-order valence-electron chi connectivity index (χ0n) is 65.7. The average molecular weight is 1890 g/mol. The number of aromatic hydroxyl groups is 4. The second-order valence-electron chi connectivity index (χ2n) is 31.1. The van der Waals surface area contributed by atoms with Crippen LogP contribution < -0.4 is 37.6 Å². The van der Waals surface area contributed by atoms with E-state index in [4.69, 9.17) is 96.4 Å². The van der Waals surface area contributed by atoms with Crippen LogP contribution in [0.5, 0.6) is 23.0 Å². The number of rotatable bonds is 15. The molecule has 0 unspecified atom stereocenters. The number of nitrogens with zero attached hydrogens (tertiary/aromatic N) is 3. The molecule has 12 N–H and O–H groups in total. The Balaban J connectivity index is 0.000000199. The summed E-state index contributed by atoms with van der Waals surface area (Å²) in [4.78, 5) is 62.6. The minimum atomic E-state index is -4.83. The summed E-state index contributed by atoms with van der Waals surface area (Å²) in [6.45, 7) is 12.6. The highest BCUT2D eigenvalue weighted by molar-refractivity contribution is 7.93. The van der Waals surface area contributed by atoms with Crippen LogP contribution >= 0.6 is 81.2 Å². The number of alkyl halides is 4. The predicted octanol–water partition coefficient (Wildman–Crippen LogP) is 16.9.